The third-order valence-corrected chi connectivity index (χ3v) is 4.55. The molecule has 3 nitrogen and oxygen atoms in total. The lowest BCUT2D eigenvalue weighted by Gasteiger charge is -2.40. The minimum atomic E-state index is 0.0341. The van der Waals surface area contributed by atoms with Crippen LogP contribution in [0.4, 0.5) is 0 Å². The molecule has 2 unspecified atom stereocenters. The zero-order valence-electron chi connectivity index (χ0n) is 11.5. The first-order chi connectivity index (χ1) is 8.04. The Hall–Kier alpha value is -0.570. The summed E-state index contributed by atoms with van der Waals surface area (Å²) in [5, 5.41) is 3.43. The molecule has 3 heteroatoms. The molecule has 0 bridgehead atoms. The molecule has 1 amide bonds. The summed E-state index contributed by atoms with van der Waals surface area (Å²) in [5.41, 5.74) is 0.111. The van der Waals surface area contributed by atoms with E-state index in [0.29, 0.717) is 5.91 Å². The Labute approximate surface area is 105 Å². The largest absolute Gasteiger partial charge is 0.341 e. The van der Waals surface area contributed by atoms with Crippen LogP contribution in [0, 0.1) is 11.3 Å². The minimum absolute atomic E-state index is 0.0341. The lowest BCUT2D eigenvalue weighted by atomic mass is 9.77. The Morgan fingerprint density at radius 1 is 1.47 bits per heavy atom. The molecule has 2 fully saturated rings. The van der Waals surface area contributed by atoms with E-state index in [9.17, 15) is 4.79 Å². The highest BCUT2D eigenvalue weighted by molar-refractivity contribution is 5.83. The minimum Gasteiger partial charge on any atom is -0.341 e. The number of carbonyl (C=O) groups excluding carboxylic acids is 1. The molecular weight excluding hydrogens is 212 g/mol. The first kappa shape index (κ1) is 12.9. The number of likely N-dealkylation sites (tertiary alicyclic amines) is 1. The molecule has 2 aliphatic rings. The van der Waals surface area contributed by atoms with Crippen LogP contribution in [0.15, 0.2) is 0 Å². The second-order valence-corrected chi connectivity index (χ2v) is 6.33. The first-order valence-electron chi connectivity index (χ1n) is 7.07. The Morgan fingerprint density at radius 3 is 2.82 bits per heavy atom. The van der Waals surface area contributed by atoms with Crippen LogP contribution in [0.1, 0.15) is 46.5 Å². The molecule has 0 spiro atoms. The van der Waals surface area contributed by atoms with E-state index in [1.165, 1.54) is 19.3 Å². The number of nitrogens with zero attached hydrogens (tertiary/aromatic N) is 1. The molecule has 2 saturated heterocycles. The van der Waals surface area contributed by atoms with Crippen LogP contribution in [0.25, 0.3) is 0 Å². The van der Waals surface area contributed by atoms with Gasteiger partial charge in [0.15, 0.2) is 0 Å². The third kappa shape index (κ3) is 2.65. The predicted octanol–water partition coefficient (Wildman–Crippen LogP) is 2.02. The number of hydrogen-bond acceptors (Lipinski definition) is 2. The predicted molar refractivity (Wildman–Crippen MR) is 69.8 cm³/mol. The highest BCUT2D eigenvalue weighted by Gasteiger charge is 2.40. The van der Waals surface area contributed by atoms with Crippen LogP contribution in [0.2, 0.25) is 0 Å². The molecule has 2 rings (SSSR count). The summed E-state index contributed by atoms with van der Waals surface area (Å²) in [7, 11) is 0. The van der Waals surface area contributed by atoms with Gasteiger partial charge in [-0.05, 0) is 37.1 Å². The fourth-order valence-electron chi connectivity index (χ4n) is 3.18. The zero-order valence-corrected chi connectivity index (χ0v) is 11.5. The van der Waals surface area contributed by atoms with Crippen molar-refractivity contribution in [3.8, 4) is 0 Å². The molecule has 17 heavy (non-hydrogen) atoms. The van der Waals surface area contributed by atoms with Gasteiger partial charge in [-0.1, -0.05) is 27.2 Å². The van der Waals surface area contributed by atoms with Crippen LogP contribution < -0.4 is 5.32 Å². The zero-order chi connectivity index (χ0) is 12.5. The van der Waals surface area contributed by atoms with Crippen LogP contribution in [0.5, 0.6) is 0 Å². The molecule has 2 aliphatic heterocycles. The van der Waals surface area contributed by atoms with Crippen molar-refractivity contribution in [3.05, 3.63) is 0 Å². The molecule has 0 aromatic heterocycles. The number of hydrogen-bond donors (Lipinski definition) is 1. The smallest absolute Gasteiger partial charge is 0.240 e. The number of rotatable bonds is 2. The Balaban J connectivity index is 1.99. The van der Waals surface area contributed by atoms with Gasteiger partial charge in [0, 0.05) is 13.1 Å². The summed E-state index contributed by atoms with van der Waals surface area (Å²) in [6.07, 6.45) is 4.73. The fourth-order valence-corrected chi connectivity index (χ4v) is 3.18. The molecule has 2 atom stereocenters. The SMILES string of the molecule is CCC1CCN(C(=O)C2NCCCC2(C)C)C1. The lowest BCUT2D eigenvalue weighted by molar-refractivity contribution is -0.136. The molecule has 1 N–H and O–H groups in total. The van der Waals surface area contributed by atoms with Crippen molar-refractivity contribution in [2.24, 2.45) is 11.3 Å². The normalized spacial score (nSPS) is 32.8. The van der Waals surface area contributed by atoms with Gasteiger partial charge in [-0.25, -0.2) is 0 Å². The highest BCUT2D eigenvalue weighted by Crippen LogP contribution is 2.32. The van der Waals surface area contributed by atoms with Crippen molar-refractivity contribution in [2.75, 3.05) is 19.6 Å². The topological polar surface area (TPSA) is 32.3 Å². The maximum Gasteiger partial charge on any atom is 0.240 e. The van der Waals surface area contributed by atoms with Gasteiger partial charge in [-0.2, -0.15) is 0 Å². The average molecular weight is 238 g/mol. The van der Waals surface area contributed by atoms with E-state index in [-0.39, 0.29) is 11.5 Å². The Kier molecular flexibility index (Phi) is 3.76. The fraction of sp³-hybridized carbons (Fsp3) is 0.929. The molecule has 0 radical (unpaired) electrons. The van der Waals surface area contributed by atoms with Gasteiger partial charge in [0.1, 0.15) is 0 Å². The van der Waals surface area contributed by atoms with Crippen molar-refractivity contribution in [1.29, 1.82) is 0 Å². The third-order valence-electron chi connectivity index (χ3n) is 4.55. The van der Waals surface area contributed by atoms with Gasteiger partial charge in [0.25, 0.3) is 0 Å². The van der Waals surface area contributed by atoms with E-state index in [4.69, 9.17) is 0 Å². The second-order valence-electron chi connectivity index (χ2n) is 6.33. The van der Waals surface area contributed by atoms with Gasteiger partial charge in [-0.3, -0.25) is 4.79 Å². The summed E-state index contributed by atoms with van der Waals surface area (Å²) in [4.78, 5) is 14.6. The lowest BCUT2D eigenvalue weighted by Crippen LogP contribution is -2.56. The van der Waals surface area contributed by atoms with Crippen molar-refractivity contribution in [2.45, 2.75) is 52.5 Å². The monoisotopic (exact) mass is 238 g/mol. The van der Waals surface area contributed by atoms with Crippen LogP contribution in [-0.4, -0.2) is 36.5 Å². The van der Waals surface area contributed by atoms with E-state index < -0.39 is 0 Å². The molecule has 0 saturated carbocycles. The van der Waals surface area contributed by atoms with Crippen LogP contribution in [-0.2, 0) is 4.79 Å². The molecule has 0 aromatic rings. The summed E-state index contributed by atoms with van der Waals surface area (Å²) < 4.78 is 0. The second kappa shape index (κ2) is 4.97. The molecule has 0 aromatic carbocycles. The summed E-state index contributed by atoms with van der Waals surface area (Å²) >= 11 is 0. The summed E-state index contributed by atoms with van der Waals surface area (Å²) in [6.45, 7) is 9.59. The number of amides is 1. The average Bonchev–Trinajstić information content (AvgIpc) is 2.76. The van der Waals surface area contributed by atoms with E-state index in [2.05, 4.69) is 31.0 Å². The van der Waals surface area contributed by atoms with Gasteiger partial charge in [0.2, 0.25) is 5.91 Å². The number of nitrogens with one attached hydrogen (secondary N) is 1. The van der Waals surface area contributed by atoms with Gasteiger partial charge < -0.3 is 10.2 Å². The summed E-state index contributed by atoms with van der Waals surface area (Å²) in [5.74, 6) is 1.07. The Morgan fingerprint density at radius 2 is 2.24 bits per heavy atom. The van der Waals surface area contributed by atoms with Gasteiger partial charge >= 0.3 is 0 Å². The van der Waals surface area contributed by atoms with Crippen molar-refractivity contribution in [3.63, 3.8) is 0 Å². The maximum atomic E-state index is 12.5. The number of piperidine rings is 1. The van der Waals surface area contributed by atoms with Crippen molar-refractivity contribution >= 4 is 5.91 Å². The Bertz CT molecular complexity index is 288. The summed E-state index contributed by atoms with van der Waals surface area (Å²) in [6, 6.07) is 0.0341. The van der Waals surface area contributed by atoms with Crippen LogP contribution >= 0.6 is 0 Å². The first-order valence-corrected chi connectivity index (χ1v) is 7.07. The van der Waals surface area contributed by atoms with E-state index >= 15 is 0 Å². The van der Waals surface area contributed by atoms with E-state index in [0.717, 1.165) is 32.0 Å². The van der Waals surface area contributed by atoms with Crippen LogP contribution in [0.3, 0.4) is 0 Å². The molecule has 2 heterocycles. The van der Waals surface area contributed by atoms with E-state index in [1.54, 1.807) is 0 Å². The highest BCUT2D eigenvalue weighted by atomic mass is 16.2. The maximum absolute atomic E-state index is 12.5. The molecule has 98 valence electrons. The van der Waals surface area contributed by atoms with Gasteiger partial charge in [0.05, 0.1) is 6.04 Å². The van der Waals surface area contributed by atoms with Crippen molar-refractivity contribution in [1.82, 2.24) is 10.2 Å². The molecular formula is C14H26N2O. The molecule has 0 aliphatic carbocycles. The van der Waals surface area contributed by atoms with Gasteiger partial charge in [-0.15, -0.1) is 0 Å². The quantitative estimate of drug-likeness (QED) is 0.798. The van der Waals surface area contributed by atoms with Crippen molar-refractivity contribution < 1.29 is 4.79 Å². The number of carbonyl (C=O) groups is 1. The standard InChI is InChI=1S/C14H26N2O/c1-4-11-6-9-16(10-11)13(17)12-14(2,3)7-5-8-15-12/h11-12,15H,4-10H2,1-3H3. The van der Waals surface area contributed by atoms with E-state index in [1.807, 2.05) is 0 Å².